The van der Waals surface area contributed by atoms with E-state index in [4.69, 9.17) is 33.2 Å². The lowest BCUT2D eigenvalue weighted by Gasteiger charge is -2.25. The van der Waals surface area contributed by atoms with Crippen LogP contribution in [0.15, 0.2) is 59.5 Å². The maximum absolute atomic E-state index is 13.7. The summed E-state index contributed by atoms with van der Waals surface area (Å²) in [5.74, 6) is 1.33. The van der Waals surface area contributed by atoms with Gasteiger partial charge in [-0.1, -0.05) is 30.3 Å². The highest BCUT2D eigenvalue weighted by Crippen LogP contribution is 2.42. The number of rotatable bonds is 14. The van der Waals surface area contributed by atoms with Crippen LogP contribution in [-0.4, -0.2) is 83.0 Å². The lowest BCUT2D eigenvalue weighted by atomic mass is 10.1. The second-order valence-corrected chi connectivity index (χ2v) is 9.86. The number of hydrogen-bond donors (Lipinski definition) is 0. The molecule has 0 fully saturated rings. The van der Waals surface area contributed by atoms with Gasteiger partial charge in [-0.3, -0.25) is 9.69 Å². The quantitative estimate of drug-likeness (QED) is 0.184. The van der Waals surface area contributed by atoms with E-state index < -0.39 is 17.6 Å². The van der Waals surface area contributed by atoms with Crippen LogP contribution in [0.2, 0.25) is 0 Å². The summed E-state index contributed by atoms with van der Waals surface area (Å²) in [6.45, 7) is 0.862. The van der Waals surface area contributed by atoms with Crippen LogP contribution in [-0.2, 0) is 17.8 Å². The Labute approximate surface area is 267 Å². The summed E-state index contributed by atoms with van der Waals surface area (Å²) in [6.07, 6.45) is 0.739. The largest absolute Gasteiger partial charge is 0.493 e. The molecule has 0 aliphatic carbocycles. The Morgan fingerprint density at radius 2 is 1.38 bits per heavy atom. The third kappa shape index (κ3) is 7.70. The Morgan fingerprint density at radius 3 is 1.93 bits per heavy atom. The molecule has 0 radical (unpaired) electrons. The molecule has 0 amide bonds. The van der Waals surface area contributed by atoms with Crippen molar-refractivity contribution in [3.05, 3.63) is 76.2 Å². The smallest absolute Gasteiger partial charge is 0.338 e. The van der Waals surface area contributed by atoms with Crippen molar-refractivity contribution in [3.63, 3.8) is 0 Å². The number of nitrogens with zero attached hydrogens (tertiary/aromatic N) is 3. The van der Waals surface area contributed by atoms with Gasteiger partial charge in [0.15, 0.2) is 23.0 Å². The molecule has 1 aromatic heterocycles. The maximum Gasteiger partial charge on any atom is 0.338 e. The van der Waals surface area contributed by atoms with Crippen molar-refractivity contribution in [1.82, 2.24) is 14.7 Å². The van der Waals surface area contributed by atoms with E-state index in [0.29, 0.717) is 58.4 Å². The maximum atomic E-state index is 13.7. The van der Waals surface area contributed by atoms with E-state index in [1.165, 1.54) is 65.7 Å². The molecule has 45 heavy (non-hydrogen) atoms. The highest BCUT2D eigenvalue weighted by Gasteiger charge is 2.25. The van der Waals surface area contributed by atoms with E-state index in [0.717, 1.165) is 5.56 Å². The number of esters is 1. The zero-order valence-corrected chi connectivity index (χ0v) is 27.1. The number of hydrogen-bond acceptors (Lipinski definition) is 11. The number of carbonyl (C=O) groups excluding carboxylic acids is 1. The van der Waals surface area contributed by atoms with E-state index in [1.54, 1.807) is 6.07 Å². The molecule has 0 bridgehead atoms. The van der Waals surface area contributed by atoms with E-state index >= 15 is 0 Å². The summed E-state index contributed by atoms with van der Waals surface area (Å²) in [4.78, 5) is 29.2. The van der Waals surface area contributed by atoms with Crippen molar-refractivity contribution in [3.8, 4) is 34.5 Å². The molecule has 1 heterocycles. The topological polar surface area (TPSA) is 120 Å². The molecule has 12 nitrogen and oxygen atoms in total. The Hall–Kier alpha value is -4.68. The predicted octanol–water partition coefficient (Wildman–Crippen LogP) is 4.23. The number of aromatic nitrogens is 2. The zero-order valence-electron chi connectivity index (χ0n) is 26.3. The number of methoxy groups -OCH3 is 6. The molecule has 3 aromatic carbocycles. The van der Waals surface area contributed by atoms with Gasteiger partial charge in [0.1, 0.15) is 6.10 Å². The lowest BCUT2D eigenvalue weighted by Crippen LogP contribution is -2.38. The highest BCUT2D eigenvalue weighted by atomic mass is 35.5. The van der Waals surface area contributed by atoms with Crippen LogP contribution >= 0.6 is 12.4 Å². The van der Waals surface area contributed by atoms with E-state index in [1.807, 2.05) is 42.3 Å². The summed E-state index contributed by atoms with van der Waals surface area (Å²) in [5.41, 5.74) is 0.857. The van der Waals surface area contributed by atoms with Crippen molar-refractivity contribution in [2.75, 3.05) is 56.3 Å². The third-order valence-electron chi connectivity index (χ3n) is 7.02. The molecule has 0 saturated heterocycles. The average Bonchev–Trinajstić information content (AvgIpc) is 3.04. The van der Waals surface area contributed by atoms with Crippen molar-refractivity contribution >= 4 is 29.1 Å². The first-order valence-electron chi connectivity index (χ1n) is 13.7. The second-order valence-electron chi connectivity index (χ2n) is 9.86. The van der Waals surface area contributed by atoms with Gasteiger partial charge in [0, 0.05) is 13.1 Å². The highest BCUT2D eigenvalue weighted by molar-refractivity contribution is 5.92. The second kappa shape index (κ2) is 15.9. The molecule has 13 heteroatoms. The summed E-state index contributed by atoms with van der Waals surface area (Å²) < 4.78 is 39.9. The number of carbonyl (C=O) groups is 1. The SMILES string of the molecule is COc1cc(C(=O)OC(CN(C)Cc2ccccc2)Cn2ncc3c(OC)c(OC)c(OC)cc3c2=O)cc(OC)c1OC.Cl. The van der Waals surface area contributed by atoms with Gasteiger partial charge in [-0.15, -0.1) is 12.4 Å². The van der Waals surface area contributed by atoms with Crippen LogP contribution in [0.1, 0.15) is 15.9 Å². The van der Waals surface area contributed by atoms with Gasteiger partial charge in [-0.2, -0.15) is 5.10 Å². The minimum absolute atomic E-state index is 0. The van der Waals surface area contributed by atoms with Gasteiger partial charge >= 0.3 is 5.97 Å². The Balaban J connectivity index is 0.00000552. The summed E-state index contributed by atoms with van der Waals surface area (Å²) in [7, 11) is 10.8. The number of ether oxygens (including phenoxy) is 7. The van der Waals surface area contributed by atoms with Crippen LogP contribution in [0.5, 0.6) is 34.5 Å². The number of likely N-dealkylation sites (N-methyl/N-ethyl adjacent to an activating group) is 1. The van der Waals surface area contributed by atoms with Gasteiger partial charge in [-0.05, 0) is 30.8 Å². The average molecular weight is 644 g/mol. The number of fused-ring (bicyclic) bond motifs is 1. The van der Waals surface area contributed by atoms with Crippen molar-refractivity contribution in [1.29, 1.82) is 0 Å². The first kappa shape index (κ1) is 34.8. The molecular weight excluding hydrogens is 606 g/mol. The first-order chi connectivity index (χ1) is 21.3. The predicted molar refractivity (Wildman–Crippen MR) is 171 cm³/mol. The molecule has 1 unspecified atom stereocenters. The van der Waals surface area contributed by atoms with Gasteiger partial charge in [0.05, 0.1) is 71.7 Å². The molecule has 0 aliphatic heterocycles. The van der Waals surface area contributed by atoms with Gasteiger partial charge < -0.3 is 33.2 Å². The standard InChI is InChI=1S/C32H37N3O9.ClH/c1-34(17-20-11-9-8-10-12-20)18-22(44-32(37)21-13-25(38-2)29(42-6)26(14-21)39-3)19-35-31(36)23-15-27(40-4)30(43-7)28(41-5)24(23)16-33-35;/h8-16,22H,17-19H2,1-7H3;1H. The lowest BCUT2D eigenvalue weighted by molar-refractivity contribution is 0.0158. The fourth-order valence-corrected chi connectivity index (χ4v) is 4.98. The van der Waals surface area contributed by atoms with Gasteiger partial charge in [0.2, 0.25) is 11.5 Å². The molecular formula is C32H38ClN3O9. The molecule has 1 atom stereocenters. The monoisotopic (exact) mass is 643 g/mol. The molecule has 0 saturated carbocycles. The molecule has 0 aliphatic rings. The van der Waals surface area contributed by atoms with E-state index in [-0.39, 0.29) is 24.5 Å². The van der Waals surface area contributed by atoms with E-state index in [9.17, 15) is 9.59 Å². The Morgan fingerprint density at radius 1 is 0.800 bits per heavy atom. The normalized spacial score (nSPS) is 11.4. The Kier molecular flexibility index (Phi) is 12.3. The minimum atomic E-state index is -0.778. The van der Waals surface area contributed by atoms with Crippen LogP contribution in [0.25, 0.3) is 10.8 Å². The van der Waals surface area contributed by atoms with Crippen LogP contribution < -0.4 is 34.0 Å². The van der Waals surface area contributed by atoms with Gasteiger partial charge in [0.25, 0.3) is 5.56 Å². The van der Waals surface area contributed by atoms with Crippen LogP contribution in [0.3, 0.4) is 0 Å². The van der Waals surface area contributed by atoms with Crippen LogP contribution in [0, 0.1) is 0 Å². The molecule has 242 valence electrons. The zero-order chi connectivity index (χ0) is 31.8. The van der Waals surface area contributed by atoms with E-state index in [2.05, 4.69) is 5.10 Å². The fraction of sp³-hybridized carbons (Fsp3) is 0.344. The van der Waals surface area contributed by atoms with Crippen molar-refractivity contribution in [2.45, 2.75) is 19.2 Å². The Bertz CT molecular complexity index is 1640. The fourth-order valence-electron chi connectivity index (χ4n) is 4.98. The number of benzene rings is 3. The van der Waals surface area contributed by atoms with Crippen molar-refractivity contribution in [2.24, 2.45) is 0 Å². The molecule has 0 spiro atoms. The minimum Gasteiger partial charge on any atom is -0.493 e. The van der Waals surface area contributed by atoms with Crippen LogP contribution in [0.4, 0.5) is 0 Å². The molecule has 4 rings (SSSR count). The summed E-state index contributed by atoms with van der Waals surface area (Å²) in [5, 5.41) is 5.16. The molecule has 4 aromatic rings. The van der Waals surface area contributed by atoms with Crippen molar-refractivity contribution < 1.29 is 38.0 Å². The summed E-state index contributed by atoms with van der Waals surface area (Å²) >= 11 is 0. The third-order valence-corrected chi connectivity index (χ3v) is 7.02. The first-order valence-corrected chi connectivity index (χ1v) is 13.7. The summed E-state index contributed by atoms with van der Waals surface area (Å²) in [6, 6.07) is 14.5. The molecule has 0 N–H and O–H groups in total. The number of halogens is 1. The van der Waals surface area contributed by atoms with Gasteiger partial charge in [-0.25, -0.2) is 9.48 Å².